The maximum Gasteiger partial charge on any atom is 0.247 e. The predicted molar refractivity (Wildman–Crippen MR) is 86.3 cm³/mol. The summed E-state index contributed by atoms with van der Waals surface area (Å²) in [6.45, 7) is 3.98. The fraction of sp³-hybridized carbons (Fsp3) is 0.0667. The number of benzene rings is 1. The molecule has 0 aliphatic heterocycles. The number of carbonyl (C=O) groups excluding carboxylic acids is 1. The van der Waals surface area contributed by atoms with Crippen molar-refractivity contribution in [3.63, 3.8) is 0 Å². The average molecular weight is 303 g/mol. The third kappa shape index (κ3) is 4.22. The molecular formula is C15H15ClN4O. The lowest BCUT2D eigenvalue weighted by molar-refractivity contribution is -0.111. The van der Waals surface area contributed by atoms with Crippen LogP contribution < -0.4 is 16.4 Å². The van der Waals surface area contributed by atoms with Crippen molar-refractivity contribution in [3.05, 3.63) is 59.6 Å². The van der Waals surface area contributed by atoms with Crippen LogP contribution in [0, 0.1) is 0 Å². The van der Waals surface area contributed by atoms with E-state index in [-0.39, 0.29) is 11.7 Å². The standard InChI is InChI=1S/C15H15ClN4O/c1-2-14(21)19-12-7-8-13(20-15(12)17)18-9-10-3-5-11(16)6-4-10/h2-8H,1,9H2,(H,19,21)(H3,17,18,20). The summed E-state index contributed by atoms with van der Waals surface area (Å²) in [7, 11) is 0. The summed E-state index contributed by atoms with van der Waals surface area (Å²) in [4.78, 5) is 15.4. The highest BCUT2D eigenvalue weighted by atomic mass is 35.5. The van der Waals surface area contributed by atoms with Gasteiger partial charge in [-0.15, -0.1) is 0 Å². The molecule has 5 nitrogen and oxygen atoms in total. The van der Waals surface area contributed by atoms with E-state index < -0.39 is 0 Å². The van der Waals surface area contributed by atoms with Gasteiger partial charge in [-0.2, -0.15) is 0 Å². The molecule has 0 aliphatic rings. The van der Waals surface area contributed by atoms with Gasteiger partial charge in [0.25, 0.3) is 0 Å². The Bertz CT molecular complexity index is 655. The Morgan fingerprint density at radius 2 is 2.00 bits per heavy atom. The van der Waals surface area contributed by atoms with E-state index in [0.29, 0.717) is 23.1 Å². The van der Waals surface area contributed by atoms with Crippen LogP contribution in [-0.2, 0) is 11.3 Å². The molecule has 2 aromatic rings. The highest BCUT2D eigenvalue weighted by Gasteiger charge is 2.04. The number of carbonyl (C=O) groups is 1. The second-order valence-corrected chi connectivity index (χ2v) is 4.74. The van der Waals surface area contributed by atoms with Crippen LogP contribution in [0.2, 0.25) is 5.02 Å². The summed E-state index contributed by atoms with van der Waals surface area (Å²) >= 11 is 5.83. The lowest BCUT2D eigenvalue weighted by Gasteiger charge is -2.09. The molecule has 1 amide bonds. The number of nitrogens with two attached hydrogens (primary N) is 1. The fourth-order valence-electron chi connectivity index (χ4n) is 1.66. The van der Waals surface area contributed by atoms with Crippen LogP contribution in [-0.4, -0.2) is 10.9 Å². The summed E-state index contributed by atoms with van der Waals surface area (Å²) in [6, 6.07) is 10.9. The van der Waals surface area contributed by atoms with Crippen molar-refractivity contribution in [2.75, 3.05) is 16.4 Å². The van der Waals surface area contributed by atoms with Crippen LogP contribution >= 0.6 is 11.6 Å². The van der Waals surface area contributed by atoms with Gasteiger partial charge in [-0.05, 0) is 35.9 Å². The zero-order chi connectivity index (χ0) is 15.2. The molecule has 0 radical (unpaired) electrons. The van der Waals surface area contributed by atoms with Gasteiger partial charge in [-0.1, -0.05) is 30.3 Å². The first-order valence-electron chi connectivity index (χ1n) is 6.27. The number of nitrogens with zero attached hydrogens (tertiary/aromatic N) is 1. The zero-order valence-corrected chi connectivity index (χ0v) is 12.0. The minimum atomic E-state index is -0.328. The molecule has 1 heterocycles. The molecule has 0 bridgehead atoms. The second kappa shape index (κ2) is 6.76. The van der Waals surface area contributed by atoms with Gasteiger partial charge in [0.1, 0.15) is 11.6 Å². The monoisotopic (exact) mass is 302 g/mol. The summed E-state index contributed by atoms with van der Waals surface area (Å²) in [5.41, 5.74) is 7.32. The smallest absolute Gasteiger partial charge is 0.247 e. The van der Waals surface area contributed by atoms with Crippen molar-refractivity contribution in [1.29, 1.82) is 0 Å². The second-order valence-electron chi connectivity index (χ2n) is 4.30. The maximum absolute atomic E-state index is 11.2. The van der Waals surface area contributed by atoms with Gasteiger partial charge in [-0.3, -0.25) is 4.79 Å². The molecule has 21 heavy (non-hydrogen) atoms. The van der Waals surface area contributed by atoms with Gasteiger partial charge >= 0.3 is 0 Å². The van der Waals surface area contributed by atoms with Gasteiger partial charge in [-0.25, -0.2) is 4.98 Å². The number of aromatic nitrogens is 1. The van der Waals surface area contributed by atoms with Gasteiger partial charge in [0, 0.05) is 11.6 Å². The Morgan fingerprint density at radius 1 is 1.29 bits per heavy atom. The Balaban J connectivity index is 2.01. The lowest BCUT2D eigenvalue weighted by atomic mass is 10.2. The third-order valence-corrected chi connectivity index (χ3v) is 3.01. The van der Waals surface area contributed by atoms with E-state index in [1.165, 1.54) is 6.08 Å². The Morgan fingerprint density at radius 3 is 2.62 bits per heavy atom. The number of halogens is 1. The first-order valence-corrected chi connectivity index (χ1v) is 6.64. The minimum absolute atomic E-state index is 0.242. The molecule has 0 spiro atoms. The van der Waals surface area contributed by atoms with E-state index in [2.05, 4.69) is 22.2 Å². The van der Waals surface area contributed by atoms with E-state index in [9.17, 15) is 4.79 Å². The minimum Gasteiger partial charge on any atom is -0.382 e. The number of nitrogens with one attached hydrogen (secondary N) is 2. The van der Waals surface area contributed by atoms with Crippen LogP contribution in [0.3, 0.4) is 0 Å². The third-order valence-electron chi connectivity index (χ3n) is 2.75. The van der Waals surface area contributed by atoms with E-state index in [4.69, 9.17) is 17.3 Å². The van der Waals surface area contributed by atoms with Gasteiger partial charge in [0.05, 0.1) is 5.69 Å². The normalized spacial score (nSPS) is 9.95. The largest absolute Gasteiger partial charge is 0.382 e. The first kappa shape index (κ1) is 14.9. The molecule has 4 N–H and O–H groups in total. The molecule has 0 unspecified atom stereocenters. The molecule has 6 heteroatoms. The summed E-state index contributed by atoms with van der Waals surface area (Å²) < 4.78 is 0. The SMILES string of the molecule is C=CC(=O)Nc1ccc(NCc2ccc(Cl)cc2)nc1N. The Labute approximate surface area is 127 Å². The molecule has 1 aromatic heterocycles. The highest BCUT2D eigenvalue weighted by Crippen LogP contribution is 2.19. The molecule has 108 valence electrons. The van der Waals surface area contributed by atoms with Crippen LogP contribution in [0.5, 0.6) is 0 Å². The van der Waals surface area contributed by atoms with Gasteiger partial charge in [0.2, 0.25) is 5.91 Å². The van der Waals surface area contributed by atoms with E-state index >= 15 is 0 Å². The van der Waals surface area contributed by atoms with Crippen LogP contribution in [0.1, 0.15) is 5.56 Å². The predicted octanol–water partition coefficient (Wildman–Crippen LogP) is 3.05. The number of hydrogen-bond donors (Lipinski definition) is 3. The number of rotatable bonds is 5. The van der Waals surface area contributed by atoms with Crippen molar-refractivity contribution in [3.8, 4) is 0 Å². The van der Waals surface area contributed by atoms with Crippen molar-refractivity contribution in [1.82, 2.24) is 4.98 Å². The van der Waals surface area contributed by atoms with E-state index in [1.807, 2.05) is 24.3 Å². The number of amides is 1. The average Bonchev–Trinajstić information content (AvgIpc) is 2.49. The zero-order valence-electron chi connectivity index (χ0n) is 11.3. The van der Waals surface area contributed by atoms with E-state index in [0.717, 1.165) is 5.56 Å². The quantitative estimate of drug-likeness (QED) is 0.742. The molecule has 0 aliphatic carbocycles. The van der Waals surface area contributed by atoms with Crippen molar-refractivity contribution >= 4 is 34.8 Å². The van der Waals surface area contributed by atoms with Crippen molar-refractivity contribution in [2.45, 2.75) is 6.54 Å². The molecule has 0 fully saturated rings. The molecule has 0 atom stereocenters. The topological polar surface area (TPSA) is 80.0 Å². The lowest BCUT2D eigenvalue weighted by Crippen LogP contribution is -2.11. The Kier molecular flexibility index (Phi) is 4.79. The summed E-state index contributed by atoms with van der Waals surface area (Å²) in [5.74, 6) is 0.538. The number of hydrogen-bond acceptors (Lipinski definition) is 4. The van der Waals surface area contributed by atoms with Gasteiger partial charge in [0.15, 0.2) is 0 Å². The van der Waals surface area contributed by atoms with Gasteiger partial charge < -0.3 is 16.4 Å². The summed E-state index contributed by atoms with van der Waals surface area (Å²) in [5, 5.41) is 6.43. The first-order chi connectivity index (χ1) is 10.1. The molecular weight excluding hydrogens is 288 g/mol. The van der Waals surface area contributed by atoms with Crippen molar-refractivity contribution in [2.24, 2.45) is 0 Å². The van der Waals surface area contributed by atoms with Crippen LogP contribution in [0.25, 0.3) is 0 Å². The fourth-order valence-corrected chi connectivity index (χ4v) is 1.78. The Hall–Kier alpha value is -2.53. The maximum atomic E-state index is 11.2. The molecule has 1 aromatic carbocycles. The highest BCUT2D eigenvalue weighted by molar-refractivity contribution is 6.30. The van der Waals surface area contributed by atoms with Crippen LogP contribution in [0.15, 0.2) is 49.1 Å². The summed E-state index contributed by atoms with van der Waals surface area (Å²) in [6.07, 6.45) is 1.17. The molecule has 2 rings (SSSR count). The van der Waals surface area contributed by atoms with Crippen LogP contribution in [0.4, 0.5) is 17.3 Å². The number of nitrogen functional groups attached to an aromatic ring is 1. The molecule has 0 saturated heterocycles. The number of anilines is 3. The molecule has 0 saturated carbocycles. The number of pyridine rings is 1. The van der Waals surface area contributed by atoms with E-state index in [1.54, 1.807) is 12.1 Å². The van der Waals surface area contributed by atoms with Crippen molar-refractivity contribution < 1.29 is 4.79 Å².